The predicted octanol–water partition coefficient (Wildman–Crippen LogP) is 0.834. The molecule has 2 aliphatic rings. The molecule has 8 heteroatoms. The molecule has 1 aromatic rings. The minimum absolute atomic E-state index is 0.00132. The number of hydrogen-bond acceptors (Lipinski definition) is 4. The maximum Gasteiger partial charge on any atom is 0.345 e. The van der Waals surface area contributed by atoms with Gasteiger partial charge in [-0.15, -0.1) is 0 Å². The lowest BCUT2D eigenvalue weighted by molar-refractivity contribution is 0.301. The van der Waals surface area contributed by atoms with Crippen molar-refractivity contribution in [1.29, 1.82) is 0 Å². The molecule has 3 rings (SSSR count). The molecule has 1 aliphatic carbocycles. The Labute approximate surface area is 131 Å². The van der Waals surface area contributed by atoms with Crippen LogP contribution in [0.25, 0.3) is 0 Å². The van der Waals surface area contributed by atoms with Gasteiger partial charge in [-0.1, -0.05) is 0 Å². The fourth-order valence-corrected chi connectivity index (χ4v) is 5.15. The number of aromatic nitrogens is 3. The number of nitrogens with zero attached hydrogens (tertiary/aromatic N) is 4. The van der Waals surface area contributed by atoms with Crippen LogP contribution >= 0.6 is 0 Å². The molecule has 0 amide bonds. The molecule has 0 spiro atoms. The summed E-state index contributed by atoms with van der Waals surface area (Å²) < 4.78 is 29.6. The molecule has 22 heavy (non-hydrogen) atoms. The molecule has 1 unspecified atom stereocenters. The van der Waals surface area contributed by atoms with Crippen LogP contribution in [-0.2, 0) is 17.1 Å². The van der Waals surface area contributed by atoms with E-state index >= 15 is 0 Å². The molecular formula is C14H24N4O3S. The van der Waals surface area contributed by atoms with Crippen LogP contribution in [0.3, 0.4) is 0 Å². The standard InChI is InChI=1S/C14H24N4O3S/c1-10(2)18-13(15-16(3)14(18)19)11-5-4-8-17(9-11)22(20,21)12-6-7-12/h10-12H,4-9H2,1-3H3. The van der Waals surface area contributed by atoms with Crippen LogP contribution < -0.4 is 5.69 Å². The van der Waals surface area contributed by atoms with Crippen LogP contribution in [0.2, 0.25) is 0 Å². The van der Waals surface area contributed by atoms with E-state index in [9.17, 15) is 13.2 Å². The average molecular weight is 328 g/mol. The Kier molecular flexibility index (Phi) is 3.92. The van der Waals surface area contributed by atoms with Gasteiger partial charge in [0.05, 0.1) is 5.25 Å². The largest absolute Gasteiger partial charge is 0.345 e. The average Bonchev–Trinajstić information content (AvgIpc) is 3.27. The van der Waals surface area contributed by atoms with E-state index < -0.39 is 10.0 Å². The van der Waals surface area contributed by atoms with E-state index in [-0.39, 0.29) is 22.9 Å². The monoisotopic (exact) mass is 328 g/mol. The van der Waals surface area contributed by atoms with Crippen molar-refractivity contribution in [2.75, 3.05) is 13.1 Å². The first-order valence-corrected chi connectivity index (χ1v) is 9.47. The zero-order valence-corrected chi connectivity index (χ0v) is 14.2. The van der Waals surface area contributed by atoms with Crippen LogP contribution in [-0.4, -0.2) is 45.4 Å². The first kappa shape index (κ1) is 15.7. The number of rotatable bonds is 4. The van der Waals surface area contributed by atoms with Crippen LogP contribution in [0, 0.1) is 0 Å². The molecule has 1 atom stereocenters. The molecule has 2 heterocycles. The molecule has 0 bridgehead atoms. The minimum atomic E-state index is -3.15. The fourth-order valence-electron chi connectivity index (χ4n) is 3.22. The van der Waals surface area contributed by atoms with Gasteiger partial charge < -0.3 is 0 Å². The summed E-state index contributed by atoms with van der Waals surface area (Å²) in [4.78, 5) is 12.2. The van der Waals surface area contributed by atoms with Gasteiger partial charge in [-0.3, -0.25) is 4.57 Å². The van der Waals surface area contributed by atoms with E-state index in [1.54, 1.807) is 15.9 Å². The highest BCUT2D eigenvalue weighted by Gasteiger charge is 2.42. The van der Waals surface area contributed by atoms with Gasteiger partial charge in [0.15, 0.2) is 0 Å². The van der Waals surface area contributed by atoms with Crippen LogP contribution in [0.15, 0.2) is 4.79 Å². The topological polar surface area (TPSA) is 77.2 Å². The maximum atomic E-state index is 12.4. The third-order valence-electron chi connectivity index (χ3n) is 4.55. The Morgan fingerprint density at radius 2 is 1.91 bits per heavy atom. The highest BCUT2D eigenvalue weighted by molar-refractivity contribution is 7.90. The summed E-state index contributed by atoms with van der Waals surface area (Å²) in [6.07, 6.45) is 3.26. The number of aryl methyl sites for hydroxylation is 1. The summed E-state index contributed by atoms with van der Waals surface area (Å²) in [5.41, 5.74) is -0.132. The summed E-state index contributed by atoms with van der Waals surface area (Å²) >= 11 is 0. The van der Waals surface area contributed by atoms with Crippen molar-refractivity contribution in [1.82, 2.24) is 18.7 Å². The van der Waals surface area contributed by atoms with Crippen molar-refractivity contribution in [3.05, 3.63) is 16.3 Å². The van der Waals surface area contributed by atoms with E-state index in [2.05, 4.69) is 5.10 Å². The molecule has 1 aromatic heterocycles. The van der Waals surface area contributed by atoms with Gasteiger partial charge in [-0.25, -0.2) is 22.2 Å². The van der Waals surface area contributed by atoms with Gasteiger partial charge in [-0.05, 0) is 39.5 Å². The molecule has 7 nitrogen and oxygen atoms in total. The second kappa shape index (κ2) is 5.49. The molecule has 1 saturated heterocycles. The minimum Gasteiger partial charge on any atom is -0.276 e. The first-order valence-electron chi connectivity index (χ1n) is 7.96. The Hall–Kier alpha value is -1.15. The molecule has 2 fully saturated rings. The molecule has 0 radical (unpaired) electrons. The third-order valence-corrected chi connectivity index (χ3v) is 6.92. The molecule has 1 saturated carbocycles. The van der Waals surface area contributed by atoms with Gasteiger partial charge >= 0.3 is 5.69 Å². The molecule has 0 aromatic carbocycles. The third kappa shape index (κ3) is 2.62. The van der Waals surface area contributed by atoms with Gasteiger partial charge in [0.1, 0.15) is 5.82 Å². The summed E-state index contributed by atoms with van der Waals surface area (Å²) in [5.74, 6) is 0.719. The fraction of sp³-hybridized carbons (Fsp3) is 0.857. The van der Waals surface area contributed by atoms with E-state index in [0.29, 0.717) is 13.1 Å². The maximum absolute atomic E-state index is 12.4. The summed E-state index contributed by atoms with van der Waals surface area (Å²) in [6.45, 7) is 4.94. The number of hydrogen-bond donors (Lipinski definition) is 0. The summed E-state index contributed by atoms with van der Waals surface area (Å²) in [7, 11) is -1.51. The van der Waals surface area contributed by atoms with E-state index in [1.807, 2.05) is 13.8 Å². The van der Waals surface area contributed by atoms with Crippen molar-refractivity contribution in [3.63, 3.8) is 0 Å². The van der Waals surface area contributed by atoms with Crippen LogP contribution in [0.1, 0.15) is 57.3 Å². The molecular weight excluding hydrogens is 304 g/mol. The summed E-state index contributed by atoms with van der Waals surface area (Å²) in [5, 5.41) is 4.20. The zero-order valence-electron chi connectivity index (χ0n) is 13.4. The van der Waals surface area contributed by atoms with Crippen molar-refractivity contribution in [2.24, 2.45) is 7.05 Å². The molecule has 0 N–H and O–H groups in total. The van der Waals surface area contributed by atoms with E-state index in [4.69, 9.17) is 0 Å². The second-order valence-corrected chi connectivity index (χ2v) is 8.88. The molecule has 124 valence electrons. The lowest BCUT2D eigenvalue weighted by Gasteiger charge is -2.31. The van der Waals surface area contributed by atoms with E-state index in [1.165, 1.54) is 4.68 Å². The Balaban J connectivity index is 1.89. The lowest BCUT2D eigenvalue weighted by atomic mass is 9.98. The number of sulfonamides is 1. The van der Waals surface area contributed by atoms with Gasteiger partial charge in [0.25, 0.3) is 0 Å². The first-order chi connectivity index (χ1) is 10.3. The van der Waals surface area contributed by atoms with Crippen molar-refractivity contribution in [3.8, 4) is 0 Å². The van der Waals surface area contributed by atoms with Crippen LogP contribution in [0.5, 0.6) is 0 Å². The van der Waals surface area contributed by atoms with Crippen molar-refractivity contribution >= 4 is 10.0 Å². The van der Waals surface area contributed by atoms with Gasteiger partial charge in [-0.2, -0.15) is 5.10 Å². The normalized spacial score (nSPS) is 24.1. The van der Waals surface area contributed by atoms with Gasteiger partial charge in [0, 0.05) is 32.1 Å². The van der Waals surface area contributed by atoms with Crippen LogP contribution in [0.4, 0.5) is 0 Å². The lowest BCUT2D eigenvalue weighted by Crippen LogP contribution is -2.41. The van der Waals surface area contributed by atoms with Crippen molar-refractivity contribution in [2.45, 2.75) is 56.7 Å². The van der Waals surface area contributed by atoms with E-state index in [0.717, 1.165) is 31.5 Å². The Morgan fingerprint density at radius 3 is 2.50 bits per heavy atom. The second-order valence-electron chi connectivity index (χ2n) is 6.67. The smallest absolute Gasteiger partial charge is 0.276 e. The van der Waals surface area contributed by atoms with Gasteiger partial charge in [0.2, 0.25) is 10.0 Å². The SMILES string of the molecule is CC(C)n1c(C2CCCN(S(=O)(=O)C3CC3)C2)nn(C)c1=O. The quantitative estimate of drug-likeness (QED) is 0.820. The Morgan fingerprint density at radius 1 is 1.23 bits per heavy atom. The zero-order chi connectivity index (χ0) is 16.1. The predicted molar refractivity (Wildman–Crippen MR) is 83.3 cm³/mol. The highest BCUT2D eigenvalue weighted by Crippen LogP contribution is 2.35. The highest BCUT2D eigenvalue weighted by atomic mass is 32.2. The Bertz CT molecular complexity index is 715. The molecule has 1 aliphatic heterocycles. The number of piperidine rings is 1. The van der Waals surface area contributed by atoms with Crippen molar-refractivity contribution < 1.29 is 8.42 Å². The summed E-state index contributed by atoms with van der Waals surface area (Å²) in [6, 6.07) is 0.0200.